The van der Waals surface area contributed by atoms with E-state index in [0.29, 0.717) is 17.9 Å². The highest BCUT2D eigenvalue weighted by Crippen LogP contribution is 2.18. The second-order valence-corrected chi connectivity index (χ2v) is 3.64. The average molecular weight is 251 g/mol. The van der Waals surface area contributed by atoms with Gasteiger partial charge in [0.15, 0.2) is 6.10 Å². The van der Waals surface area contributed by atoms with Crippen LogP contribution in [0.3, 0.4) is 0 Å². The van der Waals surface area contributed by atoms with Crippen LogP contribution in [0.5, 0.6) is 5.75 Å². The maximum atomic E-state index is 11.9. The van der Waals surface area contributed by atoms with Gasteiger partial charge in [0.05, 0.1) is 7.11 Å². The summed E-state index contributed by atoms with van der Waals surface area (Å²) in [6.07, 6.45) is -0.831. The molecule has 0 unspecified atom stereocenters. The van der Waals surface area contributed by atoms with E-state index in [0.717, 1.165) is 0 Å². The molecule has 0 aliphatic rings. The number of hydrogen-bond donors (Lipinski definition) is 1. The molecule has 0 heterocycles. The largest absolute Gasteiger partial charge is 0.496 e. The Kier molecular flexibility index (Phi) is 5.17. The van der Waals surface area contributed by atoms with Crippen molar-refractivity contribution in [2.75, 3.05) is 13.7 Å². The zero-order valence-electron chi connectivity index (χ0n) is 10.7. The van der Waals surface area contributed by atoms with Gasteiger partial charge in [-0.25, -0.2) is 4.79 Å². The van der Waals surface area contributed by atoms with E-state index in [4.69, 9.17) is 9.47 Å². The number of ether oxygens (including phenoxy) is 2. The van der Waals surface area contributed by atoms with Crippen LogP contribution in [-0.4, -0.2) is 31.6 Å². The number of carbonyl (C=O) groups is 2. The Labute approximate surface area is 106 Å². The first-order valence-electron chi connectivity index (χ1n) is 5.71. The molecule has 0 aromatic heterocycles. The first-order chi connectivity index (χ1) is 8.60. The van der Waals surface area contributed by atoms with Gasteiger partial charge < -0.3 is 14.8 Å². The molecular formula is C13H17NO4. The molecule has 1 aromatic rings. The van der Waals surface area contributed by atoms with Crippen molar-refractivity contribution in [2.45, 2.75) is 20.0 Å². The quantitative estimate of drug-likeness (QED) is 0.803. The number of amides is 1. The van der Waals surface area contributed by atoms with Crippen molar-refractivity contribution in [1.82, 2.24) is 5.32 Å². The van der Waals surface area contributed by atoms with E-state index in [2.05, 4.69) is 5.32 Å². The van der Waals surface area contributed by atoms with Crippen LogP contribution < -0.4 is 10.1 Å². The summed E-state index contributed by atoms with van der Waals surface area (Å²) in [6, 6.07) is 6.71. The van der Waals surface area contributed by atoms with E-state index >= 15 is 0 Å². The van der Waals surface area contributed by atoms with Gasteiger partial charge in [-0.2, -0.15) is 0 Å². The normalized spacial score (nSPS) is 11.5. The number of hydrogen-bond acceptors (Lipinski definition) is 4. The highest BCUT2D eigenvalue weighted by molar-refractivity contribution is 5.94. The fourth-order valence-corrected chi connectivity index (χ4v) is 1.41. The SMILES string of the molecule is CCNC(=O)[C@@H](C)OC(=O)c1ccccc1OC. The van der Waals surface area contributed by atoms with Crippen LogP contribution in [0.4, 0.5) is 0 Å². The number of rotatable bonds is 5. The standard InChI is InChI=1S/C13H17NO4/c1-4-14-12(15)9(2)18-13(16)10-7-5-6-8-11(10)17-3/h5-9H,4H2,1-3H3,(H,14,15)/t9-/m1/s1. The number of para-hydroxylation sites is 1. The minimum absolute atomic E-state index is 0.302. The van der Waals surface area contributed by atoms with E-state index in [-0.39, 0.29) is 5.91 Å². The lowest BCUT2D eigenvalue weighted by Gasteiger charge is -2.13. The van der Waals surface area contributed by atoms with Crippen molar-refractivity contribution in [3.8, 4) is 5.75 Å². The van der Waals surface area contributed by atoms with Gasteiger partial charge in [-0.3, -0.25) is 4.79 Å². The summed E-state index contributed by atoms with van der Waals surface area (Å²) in [5, 5.41) is 2.58. The smallest absolute Gasteiger partial charge is 0.342 e. The zero-order chi connectivity index (χ0) is 13.5. The van der Waals surface area contributed by atoms with Crippen molar-refractivity contribution >= 4 is 11.9 Å². The van der Waals surface area contributed by atoms with Gasteiger partial charge in [0.25, 0.3) is 5.91 Å². The molecule has 1 rings (SSSR count). The Morgan fingerprint density at radius 3 is 2.61 bits per heavy atom. The molecule has 0 spiro atoms. The molecule has 1 aromatic carbocycles. The fraction of sp³-hybridized carbons (Fsp3) is 0.385. The van der Waals surface area contributed by atoms with Gasteiger partial charge >= 0.3 is 5.97 Å². The third-order valence-electron chi connectivity index (χ3n) is 2.33. The van der Waals surface area contributed by atoms with E-state index in [1.54, 1.807) is 31.2 Å². The minimum Gasteiger partial charge on any atom is -0.496 e. The lowest BCUT2D eigenvalue weighted by molar-refractivity contribution is -0.128. The molecule has 1 amide bonds. The Hall–Kier alpha value is -2.04. The summed E-state index contributed by atoms with van der Waals surface area (Å²) < 4.78 is 10.1. The summed E-state index contributed by atoms with van der Waals surface area (Å²) >= 11 is 0. The second kappa shape index (κ2) is 6.64. The molecule has 0 fully saturated rings. The fourth-order valence-electron chi connectivity index (χ4n) is 1.41. The zero-order valence-corrected chi connectivity index (χ0v) is 10.7. The average Bonchev–Trinajstić information content (AvgIpc) is 2.38. The topological polar surface area (TPSA) is 64.6 Å². The van der Waals surface area contributed by atoms with Gasteiger partial charge in [-0.1, -0.05) is 12.1 Å². The summed E-state index contributed by atoms with van der Waals surface area (Å²) in [7, 11) is 1.47. The number of nitrogens with one attached hydrogen (secondary N) is 1. The molecule has 0 saturated heterocycles. The van der Waals surface area contributed by atoms with Crippen LogP contribution in [-0.2, 0) is 9.53 Å². The molecular weight excluding hydrogens is 234 g/mol. The van der Waals surface area contributed by atoms with Gasteiger partial charge in [0, 0.05) is 6.54 Å². The molecule has 18 heavy (non-hydrogen) atoms. The van der Waals surface area contributed by atoms with Crippen molar-refractivity contribution in [1.29, 1.82) is 0 Å². The maximum Gasteiger partial charge on any atom is 0.342 e. The maximum absolute atomic E-state index is 11.9. The molecule has 0 aliphatic carbocycles. The summed E-state index contributed by atoms with van der Waals surface area (Å²) in [5.74, 6) is -0.474. The van der Waals surface area contributed by atoms with Crippen LogP contribution >= 0.6 is 0 Å². The molecule has 0 radical (unpaired) electrons. The van der Waals surface area contributed by atoms with Gasteiger partial charge in [0.2, 0.25) is 0 Å². The highest BCUT2D eigenvalue weighted by atomic mass is 16.5. The molecule has 5 nitrogen and oxygen atoms in total. The second-order valence-electron chi connectivity index (χ2n) is 3.64. The van der Waals surface area contributed by atoms with Crippen molar-refractivity contribution < 1.29 is 19.1 Å². The molecule has 0 saturated carbocycles. The number of benzene rings is 1. The Balaban J connectivity index is 2.73. The van der Waals surface area contributed by atoms with Gasteiger partial charge in [-0.15, -0.1) is 0 Å². The van der Waals surface area contributed by atoms with E-state index < -0.39 is 12.1 Å². The summed E-state index contributed by atoms with van der Waals surface area (Å²) in [4.78, 5) is 23.3. The lowest BCUT2D eigenvalue weighted by Crippen LogP contribution is -2.35. The number of esters is 1. The van der Waals surface area contributed by atoms with Crippen LogP contribution in [0.1, 0.15) is 24.2 Å². The molecule has 0 aliphatic heterocycles. The van der Waals surface area contributed by atoms with E-state index in [1.165, 1.54) is 14.0 Å². The van der Waals surface area contributed by atoms with Crippen LogP contribution in [0.2, 0.25) is 0 Å². The molecule has 5 heteroatoms. The Morgan fingerprint density at radius 2 is 2.00 bits per heavy atom. The van der Waals surface area contributed by atoms with Gasteiger partial charge in [0.1, 0.15) is 11.3 Å². The first-order valence-corrected chi connectivity index (χ1v) is 5.71. The van der Waals surface area contributed by atoms with Gasteiger partial charge in [-0.05, 0) is 26.0 Å². The van der Waals surface area contributed by atoms with Crippen LogP contribution in [0, 0.1) is 0 Å². The summed E-state index contributed by atoms with van der Waals surface area (Å²) in [5.41, 5.74) is 0.302. The minimum atomic E-state index is -0.831. The number of likely N-dealkylation sites (N-methyl/N-ethyl adjacent to an activating group) is 1. The Bertz CT molecular complexity index is 431. The molecule has 98 valence electrons. The molecule has 1 atom stereocenters. The number of methoxy groups -OCH3 is 1. The highest BCUT2D eigenvalue weighted by Gasteiger charge is 2.20. The van der Waals surface area contributed by atoms with Crippen LogP contribution in [0.25, 0.3) is 0 Å². The van der Waals surface area contributed by atoms with E-state index in [9.17, 15) is 9.59 Å². The van der Waals surface area contributed by atoms with Crippen molar-refractivity contribution in [2.24, 2.45) is 0 Å². The Morgan fingerprint density at radius 1 is 1.33 bits per heavy atom. The third kappa shape index (κ3) is 3.48. The van der Waals surface area contributed by atoms with Crippen molar-refractivity contribution in [3.63, 3.8) is 0 Å². The molecule has 1 N–H and O–H groups in total. The monoisotopic (exact) mass is 251 g/mol. The van der Waals surface area contributed by atoms with Crippen LogP contribution in [0.15, 0.2) is 24.3 Å². The predicted molar refractivity (Wildman–Crippen MR) is 66.6 cm³/mol. The predicted octanol–water partition coefficient (Wildman–Crippen LogP) is 1.38. The lowest BCUT2D eigenvalue weighted by atomic mass is 10.2. The number of carbonyl (C=O) groups excluding carboxylic acids is 2. The molecule has 0 bridgehead atoms. The first kappa shape index (κ1) is 14.0. The van der Waals surface area contributed by atoms with E-state index in [1.807, 2.05) is 0 Å². The van der Waals surface area contributed by atoms with Crippen molar-refractivity contribution in [3.05, 3.63) is 29.8 Å². The third-order valence-corrected chi connectivity index (χ3v) is 2.33. The summed E-state index contributed by atoms with van der Waals surface area (Å²) in [6.45, 7) is 3.82.